The minimum atomic E-state index is -0.895. The fraction of sp³-hybridized carbons (Fsp3) is 0.250. The van der Waals surface area contributed by atoms with E-state index in [1.807, 2.05) is 0 Å². The van der Waals surface area contributed by atoms with E-state index in [2.05, 4.69) is 4.98 Å². The highest BCUT2D eigenvalue weighted by atomic mass is 16.7. The van der Waals surface area contributed by atoms with Crippen LogP contribution >= 0.6 is 0 Å². The molecule has 2 aliphatic rings. The van der Waals surface area contributed by atoms with Crippen LogP contribution < -0.4 is 0 Å². The maximum Gasteiger partial charge on any atom is 0.385 e. The highest BCUT2D eigenvalue weighted by molar-refractivity contribution is 6.21. The number of hydrogen-bond donors (Lipinski definition) is 0. The minimum Gasteiger partial charge on any atom is -0.448 e. The van der Waals surface area contributed by atoms with Crippen molar-refractivity contribution < 1.29 is 23.6 Å². The molecule has 1 aromatic carbocycles. The second-order valence-electron chi connectivity index (χ2n) is 5.53. The van der Waals surface area contributed by atoms with Crippen LogP contribution in [0.1, 0.15) is 62.3 Å². The summed E-state index contributed by atoms with van der Waals surface area (Å²) >= 11 is 0. The number of benzene rings is 1. The summed E-state index contributed by atoms with van der Waals surface area (Å²) in [6.45, 7) is 0. The number of oxazole rings is 1. The predicted molar refractivity (Wildman–Crippen MR) is 75.5 cm³/mol. The summed E-state index contributed by atoms with van der Waals surface area (Å²) in [6, 6.07) is 6.29. The maximum atomic E-state index is 12.1. The predicted octanol–water partition coefficient (Wildman–Crippen LogP) is 2.31. The summed E-state index contributed by atoms with van der Waals surface area (Å²) in [7, 11) is 0. The van der Waals surface area contributed by atoms with Crippen LogP contribution in [-0.4, -0.2) is 27.8 Å². The van der Waals surface area contributed by atoms with E-state index in [1.54, 1.807) is 12.1 Å². The lowest BCUT2D eigenvalue weighted by Crippen LogP contribution is -2.32. The van der Waals surface area contributed by atoms with E-state index in [1.165, 1.54) is 18.4 Å². The smallest absolute Gasteiger partial charge is 0.385 e. The molecule has 2 aromatic rings. The molecule has 7 heteroatoms. The molecule has 23 heavy (non-hydrogen) atoms. The lowest BCUT2D eigenvalue weighted by molar-refractivity contribution is -0.0588. The molecule has 116 valence electrons. The number of fused-ring (bicyclic) bond motifs is 1. The normalized spacial score (nSPS) is 17.1. The Balaban J connectivity index is 1.52. The van der Waals surface area contributed by atoms with Gasteiger partial charge in [0.25, 0.3) is 11.8 Å². The monoisotopic (exact) mass is 312 g/mol. The number of amides is 2. The van der Waals surface area contributed by atoms with Crippen LogP contribution in [0.2, 0.25) is 0 Å². The average Bonchev–Trinajstić information content (AvgIpc) is 3.06. The number of imide groups is 1. The van der Waals surface area contributed by atoms with Gasteiger partial charge in [-0.15, -0.1) is 0 Å². The van der Waals surface area contributed by atoms with E-state index in [0.717, 1.165) is 19.3 Å². The van der Waals surface area contributed by atoms with E-state index in [-0.39, 0.29) is 22.7 Å². The Morgan fingerprint density at radius 2 is 1.83 bits per heavy atom. The van der Waals surface area contributed by atoms with Crippen molar-refractivity contribution in [1.82, 2.24) is 10.0 Å². The second-order valence-corrected chi connectivity index (χ2v) is 5.53. The first kappa shape index (κ1) is 13.7. The van der Waals surface area contributed by atoms with E-state index >= 15 is 0 Å². The number of carbonyl (C=O) groups is 3. The van der Waals surface area contributed by atoms with Crippen molar-refractivity contribution in [2.24, 2.45) is 0 Å². The van der Waals surface area contributed by atoms with E-state index < -0.39 is 17.8 Å². The zero-order chi connectivity index (χ0) is 16.0. The number of aromatic nitrogens is 1. The summed E-state index contributed by atoms with van der Waals surface area (Å²) in [5, 5.41) is 0.463. The fourth-order valence-corrected chi connectivity index (χ4v) is 2.60. The summed E-state index contributed by atoms with van der Waals surface area (Å²) in [5.74, 6) is -1.50. The van der Waals surface area contributed by atoms with Crippen LogP contribution in [0.5, 0.6) is 0 Å². The molecule has 2 amide bonds. The molecule has 1 aliphatic heterocycles. The topological polar surface area (TPSA) is 89.7 Å². The van der Waals surface area contributed by atoms with Crippen LogP contribution in [0.3, 0.4) is 0 Å². The third kappa shape index (κ3) is 2.12. The van der Waals surface area contributed by atoms with Crippen LogP contribution in [0.25, 0.3) is 0 Å². The van der Waals surface area contributed by atoms with Crippen LogP contribution in [0, 0.1) is 0 Å². The lowest BCUT2D eigenvalue weighted by Gasteiger charge is -2.21. The summed E-state index contributed by atoms with van der Waals surface area (Å²) < 4.78 is 5.27. The van der Waals surface area contributed by atoms with Crippen molar-refractivity contribution >= 4 is 17.8 Å². The van der Waals surface area contributed by atoms with E-state index in [4.69, 9.17) is 9.25 Å². The van der Waals surface area contributed by atoms with Crippen LogP contribution in [0.4, 0.5) is 0 Å². The van der Waals surface area contributed by atoms with Gasteiger partial charge >= 0.3 is 5.97 Å². The Bertz CT molecular complexity index is 786. The molecule has 0 unspecified atom stereocenters. The van der Waals surface area contributed by atoms with Gasteiger partial charge in [0.1, 0.15) is 6.26 Å². The van der Waals surface area contributed by atoms with Gasteiger partial charge in [0.05, 0.1) is 11.1 Å². The molecule has 0 saturated heterocycles. The summed E-state index contributed by atoms with van der Waals surface area (Å²) in [4.78, 5) is 45.4. The van der Waals surface area contributed by atoms with Gasteiger partial charge in [0, 0.05) is 5.92 Å². The Morgan fingerprint density at radius 3 is 2.39 bits per heavy atom. The Morgan fingerprint density at radius 1 is 1.17 bits per heavy atom. The third-order valence-corrected chi connectivity index (χ3v) is 4.12. The first-order valence-corrected chi connectivity index (χ1v) is 7.30. The van der Waals surface area contributed by atoms with E-state index in [9.17, 15) is 14.4 Å². The minimum absolute atomic E-state index is 0.0524. The molecule has 1 saturated carbocycles. The molecule has 1 aliphatic carbocycles. The summed E-state index contributed by atoms with van der Waals surface area (Å²) in [5.41, 5.74) is 0.365. The first-order valence-electron chi connectivity index (χ1n) is 7.30. The Hall–Kier alpha value is -2.96. The molecule has 0 atom stereocenters. The summed E-state index contributed by atoms with van der Waals surface area (Å²) in [6.07, 6.45) is 4.26. The van der Waals surface area contributed by atoms with Gasteiger partial charge in [-0.05, 0) is 25.0 Å². The van der Waals surface area contributed by atoms with Crippen molar-refractivity contribution in [3.8, 4) is 0 Å². The van der Waals surface area contributed by atoms with Crippen LogP contribution in [-0.2, 0) is 4.84 Å². The Kier molecular flexibility index (Phi) is 3.00. The van der Waals surface area contributed by atoms with Crippen molar-refractivity contribution in [2.75, 3.05) is 0 Å². The largest absolute Gasteiger partial charge is 0.448 e. The maximum absolute atomic E-state index is 12.1. The van der Waals surface area contributed by atoms with Gasteiger partial charge in [-0.2, -0.15) is 0 Å². The van der Waals surface area contributed by atoms with Crippen molar-refractivity contribution in [3.63, 3.8) is 0 Å². The van der Waals surface area contributed by atoms with Gasteiger partial charge in [0.15, 0.2) is 11.6 Å². The molecule has 7 nitrogen and oxygen atoms in total. The van der Waals surface area contributed by atoms with Crippen LogP contribution in [0.15, 0.2) is 34.9 Å². The Labute approximate surface area is 130 Å². The quantitative estimate of drug-likeness (QED) is 0.808. The number of carbonyl (C=O) groups excluding carboxylic acids is 3. The third-order valence-electron chi connectivity index (χ3n) is 4.12. The van der Waals surface area contributed by atoms with Gasteiger partial charge in [0.2, 0.25) is 0 Å². The molecule has 0 radical (unpaired) electrons. The molecule has 1 fully saturated rings. The molecule has 0 N–H and O–H groups in total. The van der Waals surface area contributed by atoms with Gasteiger partial charge < -0.3 is 9.25 Å². The van der Waals surface area contributed by atoms with Crippen molar-refractivity contribution in [3.05, 3.63) is 53.2 Å². The molecule has 4 rings (SSSR count). The van der Waals surface area contributed by atoms with Crippen molar-refractivity contribution in [2.45, 2.75) is 25.2 Å². The molecular weight excluding hydrogens is 300 g/mol. The fourth-order valence-electron chi connectivity index (χ4n) is 2.60. The average molecular weight is 312 g/mol. The first-order chi connectivity index (χ1) is 11.1. The molecule has 0 spiro atoms. The van der Waals surface area contributed by atoms with Gasteiger partial charge in [-0.1, -0.05) is 23.6 Å². The number of nitrogens with zero attached hydrogens (tertiary/aromatic N) is 2. The molecular formula is C16H12N2O5. The second kappa shape index (κ2) is 5.05. The highest BCUT2D eigenvalue weighted by Crippen LogP contribution is 2.35. The molecule has 0 bridgehead atoms. The standard InChI is InChI=1S/C16H12N2O5/c19-14-10-6-1-2-7-11(10)15(20)18(14)23-16(21)12-8-22-13(17-12)9-4-3-5-9/h1-2,6-9H,3-5H2. The molecule has 2 heterocycles. The highest BCUT2D eigenvalue weighted by Gasteiger charge is 2.39. The zero-order valence-corrected chi connectivity index (χ0v) is 12.0. The van der Waals surface area contributed by atoms with Gasteiger partial charge in [-0.3, -0.25) is 9.59 Å². The number of hydrogen-bond acceptors (Lipinski definition) is 6. The molecule has 1 aromatic heterocycles. The van der Waals surface area contributed by atoms with Gasteiger partial charge in [-0.25, -0.2) is 9.78 Å². The van der Waals surface area contributed by atoms with Crippen molar-refractivity contribution in [1.29, 1.82) is 0 Å². The zero-order valence-electron chi connectivity index (χ0n) is 12.0. The SMILES string of the molecule is O=C(ON1C(=O)c2ccccc2C1=O)c1coc(C2CCC2)n1. The number of rotatable bonds is 3. The lowest BCUT2D eigenvalue weighted by atomic mass is 9.85. The van der Waals surface area contributed by atoms with E-state index in [0.29, 0.717) is 11.0 Å². The number of hydroxylamine groups is 2.